The Morgan fingerprint density at radius 3 is 2.23 bits per heavy atom. The Balaban J connectivity index is 3.91. The van der Waals surface area contributed by atoms with E-state index in [0.717, 1.165) is 12.8 Å². The predicted octanol–water partition coefficient (Wildman–Crippen LogP) is 1.67. The van der Waals surface area contributed by atoms with Crippen LogP contribution in [0.2, 0.25) is 0 Å². The number of ether oxygens (including phenoxy) is 1. The number of amides is 1. The Labute approximate surface area is 81.1 Å². The molecular weight excluding hydrogens is 166 g/mol. The van der Waals surface area contributed by atoms with Crippen molar-refractivity contribution in [3.05, 3.63) is 0 Å². The van der Waals surface area contributed by atoms with E-state index in [4.69, 9.17) is 4.74 Å². The van der Waals surface area contributed by atoms with Crippen LogP contribution in [0, 0.1) is 0 Å². The van der Waals surface area contributed by atoms with Crippen LogP contribution >= 0.6 is 0 Å². The van der Waals surface area contributed by atoms with Crippen LogP contribution in [0.4, 0.5) is 0 Å². The fourth-order valence-corrected chi connectivity index (χ4v) is 1.33. The van der Waals surface area contributed by atoms with Gasteiger partial charge < -0.3 is 9.64 Å². The quantitative estimate of drug-likeness (QED) is 0.633. The highest BCUT2D eigenvalue weighted by molar-refractivity contribution is 5.77. The van der Waals surface area contributed by atoms with Gasteiger partial charge in [-0.2, -0.15) is 0 Å². The average Bonchev–Trinajstić information content (AvgIpc) is 2.15. The lowest BCUT2D eigenvalue weighted by molar-refractivity contribution is -0.136. The van der Waals surface area contributed by atoms with Gasteiger partial charge >= 0.3 is 0 Å². The van der Waals surface area contributed by atoms with Crippen molar-refractivity contribution in [2.24, 2.45) is 0 Å². The number of nitrogens with zero attached hydrogens (tertiary/aromatic N) is 1. The third-order valence-electron chi connectivity index (χ3n) is 2.31. The normalized spacial score (nSPS) is 10.5. The second-order valence-electron chi connectivity index (χ2n) is 3.11. The van der Waals surface area contributed by atoms with Crippen molar-refractivity contribution in [1.29, 1.82) is 0 Å². The molecular formula is C10H21NO2. The van der Waals surface area contributed by atoms with E-state index >= 15 is 0 Å². The van der Waals surface area contributed by atoms with Gasteiger partial charge in [0.25, 0.3) is 0 Å². The Hall–Kier alpha value is -0.570. The average molecular weight is 187 g/mol. The van der Waals surface area contributed by atoms with E-state index < -0.39 is 0 Å². The molecule has 0 radical (unpaired) electrons. The minimum atomic E-state index is 0.0792. The summed E-state index contributed by atoms with van der Waals surface area (Å²) in [6, 6.07) is 0.355. The molecule has 0 aromatic rings. The topological polar surface area (TPSA) is 29.5 Å². The zero-order chi connectivity index (χ0) is 10.3. The molecule has 13 heavy (non-hydrogen) atoms. The number of rotatable bonds is 6. The molecule has 78 valence electrons. The van der Waals surface area contributed by atoms with Crippen molar-refractivity contribution in [3.8, 4) is 0 Å². The molecule has 0 spiro atoms. The first-order valence-electron chi connectivity index (χ1n) is 5.00. The summed E-state index contributed by atoms with van der Waals surface area (Å²) in [5.74, 6) is 0.0792. The summed E-state index contributed by atoms with van der Waals surface area (Å²) < 4.78 is 5.06. The zero-order valence-corrected chi connectivity index (χ0v) is 9.17. The van der Waals surface area contributed by atoms with Gasteiger partial charge in [0, 0.05) is 19.7 Å². The van der Waals surface area contributed by atoms with E-state index in [1.54, 1.807) is 4.90 Å². The van der Waals surface area contributed by atoms with Gasteiger partial charge in [-0.05, 0) is 19.8 Å². The summed E-state index contributed by atoms with van der Waals surface area (Å²) >= 11 is 0. The molecule has 0 fully saturated rings. The molecule has 0 heterocycles. The predicted molar refractivity (Wildman–Crippen MR) is 53.6 cm³/mol. The zero-order valence-electron chi connectivity index (χ0n) is 9.17. The van der Waals surface area contributed by atoms with Crippen LogP contribution in [0.15, 0.2) is 0 Å². The second kappa shape index (κ2) is 6.89. The summed E-state index contributed by atoms with van der Waals surface area (Å²) in [5.41, 5.74) is 0. The molecule has 0 aliphatic heterocycles. The van der Waals surface area contributed by atoms with Gasteiger partial charge in [0.05, 0.1) is 0 Å². The molecule has 0 N–H and O–H groups in total. The highest BCUT2D eigenvalue weighted by Gasteiger charge is 2.15. The molecule has 0 rings (SSSR count). The van der Waals surface area contributed by atoms with Gasteiger partial charge in [-0.25, -0.2) is 0 Å². The van der Waals surface area contributed by atoms with E-state index in [1.807, 2.05) is 14.0 Å². The van der Waals surface area contributed by atoms with Gasteiger partial charge in [0.15, 0.2) is 0 Å². The standard InChI is InChI=1S/C10H21NO2/c1-5-9(6-2)11(4)10(12)8-13-7-3/h9H,5-8H2,1-4H3. The van der Waals surface area contributed by atoms with Crippen LogP contribution in [-0.4, -0.2) is 37.1 Å². The molecule has 3 nitrogen and oxygen atoms in total. The minimum absolute atomic E-state index is 0.0792. The largest absolute Gasteiger partial charge is 0.372 e. The molecule has 0 aromatic carbocycles. The third-order valence-corrected chi connectivity index (χ3v) is 2.31. The van der Waals surface area contributed by atoms with Gasteiger partial charge in [0.2, 0.25) is 5.91 Å². The second-order valence-corrected chi connectivity index (χ2v) is 3.11. The maximum Gasteiger partial charge on any atom is 0.248 e. The lowest BCUT2D eigenvalue weighted by Crippen LogP contribution is -2.38. The smallest absolute Gasteiger partial charge is 0.248 e. The van der Waals surface area contributed by atoms with Gasteiger partial charge in [0.1, 0.15) is 6.61 Å². The van der Waals surface area contributed by atoms with Gasteiger partial charge in [-0.15, -0.1) is 0 Å². The first-order valence-corrected chi connectivity index (χ1v) is 5.00. The van der Waals surface area contributed by atoms with Crippen molar-refractivity contribution >= 4 is 5.91 Å². The van der Waals surface area contributed by atoms with Crippen LogP contribution in [0.5, 0.6) is 0 Å². The third kappa shape index (κ3) is 4.27. The van der Waals surface area contributed by atoms with Crippen LogP contribution in [0.1, 0.15) is 33.6 Å². The number of carbonyl (C=O) groups excluding carboxylic acids is 1. The Kier molecular flexibility index (Phi) is 6.59. The Bertz CT molecular complexity index is 144. The first-order chi connectivity index (χ1) is 6.17. The van der Waals surface area contributed by atoms with Crippen LogP contribution in [-0.2, 0) is 9.53 Å². The van der Waals surface area contributed by atoms with E-state index in [0.29, 0.717) is 12.6 Å². The number of hydrogen-bond acceptors (Lipinski definition) is 2. The molecule has 0 bridgehead atoms. The van der Waals surface area contributed by atoms with Gasteiger partial charge in [-0.3, -0.25) is 4.79 Å². The summed E-state index contributed by atoms with van der Waals surface area (Å²) in [6.07, 6.45) is 2.01. The molecule has 0 aliphatic carbocycles. The number of likely N-dealkylation sites (N-methyl/N-ethyl adjacent to an activating group) is 1. The Morgan fingerprint density at radius 2 is 1.85 bits per heavy atom. The van der Waals surface area contributed by atoms with Crippen molar-refractivity contribution in [3.63, 3.8) is 0 Å². The minimum Gasteiger partial charge on any atom is -0.372 e. The molecule has 0 unspecified atom stereocenters. The fourth-order valence-electron chi connectivity index (χ4n) is 1.33. The molecule has 0 saturated heterocycles. The van der Waals surface area contributed by atoms with E-state index in [1.165, 1.54) is 0 Å². The van der Waals surface area contributed by atoms with Crippen molar-refractivity contribution in [1.82, 2.24) is 4.90 Å². The molecule has 0 aromatic heterocycles. The highest BCUT2D eigenvalue weighted by atomic mass is 16.5. The van der Waals surface area contributed by atoms with Crippen molar-refractivity contribution < 1.29 is 9.53 Å². The molecule has 0 saturated carbocycles. The van der Waals surface area contributed by atoms with Crippen molar-refractivity contribution in [2.45, 2.75) is 39.7 Å². The molecule has 0 atom stereocenters. The van der Waals surface area contributed by atoms with E-state index in [9.17, 15) is 4.79 Å². The number of hydrogen-bond donors (Lipinski definition) is 0. The first kappa shape index (κ1) is 12.4. The van der Waals surface area contributed by atoms with Crippen molar-refractivity contribution in [2.75, 3.05) is 20.3 Å². The highest BCUT2D eigenvalue weighted by Crippen LogP contribution is 2.05. The Morgan fingerprint density at radius 1 is 1.31 bits per heavy atom. The fraction of sp³-hybridized carbons (Fsp3) is 0.900. The van der Waals surface area contributed by atoms with Crippen LogP contribution in [0.3, 0.4) is 0 Å². The summed E-state index contributed by atoms with van der Waals surface area (Å²) in [5, 5.41) is 0. The van der Waals surface area contributed by atoms with Gasteiger partial charge in [-0.1, -0.05) is 13.8 Å². The lowest BCUT2D eigenvalue weighted by atomic mass is 10.1. The van der Waals surface area contributed by atoms with Crippen LogP contribution in [0.25, 0.3) is 0 Å². The number of carbonyl (C=O) groups is 1. The molecule has 1 amide bonds. The summed E-state index contributed by atoms with van der Waals surface area (Å²) in [7, 11) is 1.85. The van der Waals surface area contributed by atoms with Crippen LogP contribution < -0.4 is 0 Å². The molecule has 0 aliphatic rings. The lowest BCUT2D eigenvalue weighted by Gasteiger charge is -2.26. The summed E-state index contributed by atoms with van der Waals surface area (Å²) in [4.78, 5) is 13.2. The maximum absolute atomic E-state index is 11.5. The maximum atomic E-state index is 11.5. The van der Waals surface area contributed by atoms with E-state index in [2.05, 4.69) is 13.8 Å². The monoisotopic (exact) mass is 187 g/mol. The summed E-state index contributed by atoms with van der Waals surface area (Å²) in [6.45, 7) is 6.90. The van der Waals surface area contributed by atoms with E-state index in [-0.39, 0.29) is 12.5 Å². The molecule has 3 heteroatoms. The SMILES string of the molecule is CCOCC(=O)N(C)C(CC)CC.